The van der Waals surface area contributed by atoms with Crippen molar-refractivity contribution < 1.29 is 5.32 Å². The summed E-state index contributed by atoms with van der Waals surface area (Å²) in [5, 5.41) is 2.01. The van der Waals surface area contributed by atoms with Crippen molar-refractivity contribution in [2.24, 2.45) is 0 Å². The Hall–Kier alpha value is -1.09. The number of anilines is 1. The van der Waals surface area contributed by atoms with E-state index in [1.807, 2.05) is 17.4 Å². The van der Waals surface area contributed by atoms with Crippen molar-refractivity contribution in [2.75, 3.05) is 12.3 Å². The molecule has 1 rings (SSSR count). The summed E-state index contributed by atoms with van der Waals surface area (Å²) in [5.74, 6) is 0.894. The van der Waals surface area contributed by atoms with E-state index in [-0.39, 0.29) is 0 Å². The summed E-state index contributed by atoms with van der Waals surface area (Å²) in [6.07, 6.45) is 1.75. The summed E-state index contributed by atoms with van der Waals surface area (Å²) in [5.41, 5.74) is 6.37. The van der Waals surface area contributed by atoms with Crippen LogP contribution in [0.3, 0.4) is 0 Å². The molecule has 0 amide bonds. The Morgan fingerprint density at radius 1 is 1.70 bits per heavy atom. The number of nitrogens with two attached hydrogens (primary N) is 2. The fourth-order valence-electron chi connectivity index (χ4n) is 0.794. The van der Waals surface area contributed by atoms with E-state index < -0.39 is 0 Å². The molecule has 3 heteroatoms. The van der Waals surface area contributed by atoms with E-state index in [2.05, 4.69) is 11.9 Å². The second-order valence-electron chi connectivity index (χ2n) is 2.09. The predicted molar refractivity (Wildman–Crippen MR) is 40.8 cm³/mol. The largest absolute Gasteiger partial charge is 0.392 e. The molecule has 54 valence electrons. The molecule has 0 saturated carbocycles. The minimum atomic E-state index is 0.754. The van der Waals surface area contributed by atoms with Gasteiger partial charge in [0.25, 0.3) is 0 Å². The lowest BCUT2D eigenvalue weighted by Gasteiger charge is -1.97. The Morgan fingerprint density at radius 2 is 2.50 bits per heavy atom. The third kappa shape index (κ3) is 1.45. The summed E-state index contributed by atoms with van der Waals surface area (Å²) in [6.45, 7) is 3.04. The Labute approximate surface area is 60.3 Å². The molecule has 1 aromatic heterocycles. The van der Waals surface area contributed by atoms with Crippen molar-refractivity contribution in [3.8, 4) is 0 Å². The van der Waals surface area contributed by atoms with Crippen molar-refractivity contribution >= 4 is 11.5 Å². The highest BCUT2D eigenvalue weighted by Gasteiger charge is 1.99. The SMILES string of the molecule is CC[NH2+]c1ncccc1N. The van der Waals surface area contributed by atoms with Crippen molar-refractivity contribution in [2.45, 2.75) is 6.92 Å². The zero-order valence-corrected chi connectivity index (χ0v) is 6.04. The molecule has 4 N–H and O–H groups in total. The number of nitrogen functional groups attached to an aromatic ring is 1. The zero-order valence-electron chi connectivity index (χ0n) is 6.04. The average Bonchev–Trinajstić information content (AvgIpc) is 1.94. The fraction of sp³-hybridized carbons (Fsp3) is 0.286. The molecule has 0 bridgehead atoms. The van der Waals surface area contributed by atoms with Gasteiger partial charge in [-0.1, -0.05) is 0 Å². The molecule has 10 heavy (non-hydrogen) atoms. The second kappa shape index (κ2) is 3.17. The summed E-state index contributed by atoms with van der Waals surface area (Å²) in [6, 6.07) is 3.69. The van der Waals surface area contributed by atoms with Gasteiger partial charge in [0.05, 0.1) is 6.54 Å². The first kappa shape index (κ1) is 7.02. The third-order valence-corrected chi connectivity index (χ3v) is 1.27. The van der Waals surface area contributed by atoms with Crippen molar-refractivity contribution in [3.05, 3.63) is 18.3 Å². The molecule has 1 heterocycles. The van der Waals surface area contributed by atoms with Crippen LogP contribution in [0.2, 0.25) is 0 Å². The first-order valence-electron chi connectivity index (χ1n) is 3.38. The number of pyridine rings is 1. The smallest absolute Gasteiger partial charge is 0.247 e. The Kier molecular flexibility index (Phi) is 2.23. The van der Waals surface area contributed by atoms with Crippen LogP contribution in [0.4, 0.5) is 11.5 Å². The van der Waals surface area contributed by atoms with Crippen LogP contribution in [0.5, 0.6) is 0 Å². The van der Waals surface area contributed by atoms with Gasteiger partial charge in [0.15, 0.2) is 0 Å². The monoisotopic (exact) mass is 138 g/mol. The normalized spacial score (nSPS) is 9.70. The van der Waals surface area contributed by atoms with E-state index in [4.69, 9.17) is 5.73 Å². The molecule has 0 aliphatic carbocycles. The Morgan fingerprint density at radius 3 is 3.10 bits per heavy atom. The summed E-state index contributed by atoms with van der Waals surface area (Å²) in [4.78, 5) is 4.09. The van der Waals surface area contributed by atoms with Crippen molar-refractivity contribution in [3.63, 3.8) is 0 Å². The van der Waals surface area contributed by atoms with Gasteiger partial charge in [-0.05, 0) is 19.1 Å². The Balaban J connectivity index is 2.81. The molecule has 0 aromatic carbocycles. The molecular formula is C7H12N3+. The lowest BCUT2D eigenvalue weighted by molar-refractivity contribution is -0.570. The van der Waals surface area contributed by atoms with Crippen LogP contribution in [0.15, 0.2) is 18.3 Å². The zero-order chi connectivity index (χ0) is 7.40. The Bertz CT molecular complexity index is 210. The number of rotatable bonds is 2. The van der Waals surface area contributed by atoms with E-state index in [0.29, 0.717) is 0 Å². The summed E-state index contributed by atoms with van der Waals surface area (Å²) in [7, 11) is 0. The van der Waals surface area contributed by atoms with Crippen LogP contribution in [0.1, 0.15) is 6.92 Å². The predicted octanol–water partition coefficient (Wildman–Crippen LogP) is -0.121. The van der Waals surface area contributed by atoms with E-state index in [1.54, 1.807) is 6.20 Å². The van der Waals surface area contributed by atoms with Crippen LogP contribution in [-0.4, -0.2) is 11.5 Å². The first-order valence-corrected chi connectivity index (χ1v) is 3.38. The number of quaternary nitrogens is 1. The molecule has 0 unspecified atom stereocenters. The van der Waals surface area contributed by atoms with Crippen LogP contribution >= 0.6 is 0 Å². The van der Waals surface area contributed by atoms with Crippen molar-refractivity contribution in [1.29, 1.82) is 0 Å². The minimum absolute atomic E-state index is 0.754. The molecule has 0 radical (unpaired) electrons. The maximum atomic E-state index is 5.61. The quantitative estimate of drug-likeness (QED) is 0.598. The van der Waals surface area contributed by atoms with Gasteiger partial charge in [-0.2, -0.15) is 0 Å². The van der Waals surface area contributed by atoms with Gasteiger partial charge in [0, 0.05) is 6.20 Å². The van der Waals surface area contributed by atoms with Gasteiger partial charge in [-0.3, -0.25) is 5.32 Å². The van der Waals surface area contributed by atoms with E-state index >= 15 is 0 Å². The highest BCUT2D eigenvalue weighted by Crippen LogP contribution is 2.05. The van der Waals surface area contributed by atoms with Crippen molar-refractivity contribution in [1.82, 2.24) is 4.98 Å². The highest BCUT2D eigenvalue weighted by atomic mass is 15.0. The molecule has 0 saturated heterocycles. The van der Waals surface area contributed by atoms with Gasteiger partial charge in [-0.15, -0.1) is 0 Å². The van der Waals surface area contributed by atoms with Gasteiger partial charge in [0.1, 0.15) is 5.69 Å². The molecule has 1 aromatic rings. The third-order valence-electron chi connectivity index (χ3n) is 1.27. The number of hydrogen-bond donors (Lipinski definition) is 2. The van der Waals surface area contributed by atoms with Crippen LogP contribution < -0.4 is 11.1 Å². The van der Waals surface area contributed by atoms with E-state index in [9.17, 15) is 0 Å². The molecular weight excluding hydrogens is 126 g/mol. The van der Waals surface area contributed by atoms with Gasteiger partial charge < -0.3 is 5.73 Å². The molecule has 0 atom stereocenters. The molecule has 0 spiro atoms. The lowest BCUT2D eigenvalue weighted by atomic mass is 10.4. The first-order chi connectivity index (χ1) is 4.84. The number of aromatic nitrogens is 1. The van der Waals surface area contributed by atoms with Crippen LogP contribution in [0.25, 0.3) is 0 Å². The van der Waals surface area contributed by atoms with Gasteiger partial charge in [0.2, 0.25) is 5.82 Å². The molecule has 3 nitrogen and oxygen atoms in total. The fourth-order valence-corrected chi connectivity index (χ4v) is 0.794. The van der Waals surface area contributed by atoms with E-state index in [1.165, 1.54) is 0 Å². The maximum Gasteiger partial charge on any atom is 0.247 e. The second-order valence-corrected chi connectivity index (χ2v) is 2.09. The van der Waals surface area contributed by atoms with Gasteiger partial charge in [-0.25, -0.2) is 4.98 Å². The number of nitrogens with zero attached hydrogens (tertiary/aromatic N) is 1. The minimum Gasteiger partial charge on any atom is -0.392 e. The number of hydrogen-bond acceptors (Lipinski definition) is 2. The molecule has 0 fully saturated rings. The van der Waals surface area contributed by atoms with Gasteiger partial charge >= 0.3 is 0 Å². The maximum absolute atomic E-state index is 5.61. The van der Waals surface area contributed by atoms with E-state index in [0.717, 1.165) is 18.1 Å². The average molecular weight is 138 g/mol. The molecule has 0 aliphatic heterocycles. The van der Waals surface area contributed by atoms with Crippen LogP contribution in [-0.2, 0) is 0 Å². The summed E-state index contributed by atoms with van der Waals surface area (Å²) >= 11 is 0. The lowest BCUT2D eigenvalue weighted by Crippen LogP contribution is -2.77. The highest BCUT2D eigenvalue weighted by molar-refractivity contribution is 5.51. The molecule has 0 aliphatic rings. The topological polar surface area (TPSA) is 55.5 Å². The standard InChI is InChI=1S/C7H11N3/c1-2-9-7-6(8)4-3-5-10-7/h3-5H,2,8H2,1H3,(H,9,10)/p+1. The van der Waals surface area contributed by atoms with Crippen LogP contribution in [0, 0.1) is 0 Å². The summed E-state index contributed by atoms with van der Waals surface area (Å²) < 4.78 is 0.